The average molecular weight is 438 g/mol. The summed E-state index contributed by atoms with van der Waals surface area (Å²) in [6, 6.07) is 22.5. The largest absolute Gasteiger partial charge is 0.282 e. The summed E-state index contributed by atoms with van der Waals surface area (Å²) in [5, 5.41) is 4.28. The maximum absolute atomic E-state index is 14.1. The number of sulfone groups is 1. The molecule has 0 bridgehead atoms. The third-order valence-corrected chi connectivity index (χ3v) is 6.14. The summed E-state index contributed by atoms with van der Waals surface area (Å²) in [4.78, 5) is 0.160. The number of hydrogen-bond acceptors (Lipinski definition) is 3. The number of alkyl halides is 2. The smallest absolute Gasteiger partial charge is 0.232 e. The Balaban J connectivity index is 2.03. The van der Waals surface area contributed by atoms with Crippen LogP contribution in [0.5, 0.6) is 0 Å². The predicted molar refractivity (Wildman–Crippen MR) is 117 cm³/mol. The van der Waals surface area contributed by atoms with Gasteiger partial charge in [0.15, 0.2) is 9.84 Å². The van der Waals surface area contributed by atoms with E-state index in [1.165, 1.54) is 16.8 Å². The molecule has 0 radical (unpaired) electrons. The Morgan fingerprint density at radius 2 is 1.45 bits per heavy atom. The van der Waals surface area contributed by atoms with Gasteiger partial charge in [-0.15, -0.1) is 0 Å². The van der Waals surface area contributed by atoms with Crippen LogP contribution < -0.4 is 0 Å². The molecule has 1 heterocycles. The predicted octanol–water partition coefficient (Wildman–Crippen LogP) is 5.86. The van der Waals surface area contributed by atoms with Crippen molar-refractivity contribution in [1.82, 2.24) is 9.78 Å². The van der Waals surface area contributed by atoms with Gasteiger partial charge < -0.3 is 0 Å². The van der Waals surface area contributed by atoms with E-state index >= 15 is 0 Å². The van der Waals surface area contributed by atoms with E-state index in [2.05, 4.69) is 5.10 Å². The minimum Gasteiger partial charge on any atom is -0.232 e. The van der Waals surface area contributed by atoms with E-state index in [1.54, 1.807) is 36.4 Å². The molecule has 0 saturated heterocycles. The van der Waals surface area contributed by atoms with Gasteiger partial charge in [-0.25, -0.2) is 21.9 Å². The van der Waals surface area contributed by atoms with Crippen LogP contribution >= 0.6 is 0 Å². The van der Waals surface area contributed by atoms with Gasteiger partial charge in [0, 0.05) is 17.4 Å². The minimum absolute atomic E-state index is 0.160. The topological polar surface area (TPSA) is 52.0 Å². The van der Waals surface area contributed by atoms with Crippen LogP contribution in [0.4, 0.5) is 8.78 Å². The van der Waals surface area contributed by atoms with Gasteiger partial charge in [0.2, 0.25) is 0 Å². The first-order valence-corrected chi connectivity index (χ1v) is 11.5. The summed E-state index contributed by atoms with van der Waals surface area (Å²) >= 11 is 0. The van der Waals surface area contributed by atoms with Crippen molar-refractivity contribution in [1.29, 1.82) is 0 Å². The summed E-state index contributed by atoms with van der Waals surface area (Å²) in [6.45, 7) is 1.94. The SMILES string of the molecule is Cc1ccc(-n2nc(C(F)F)c(-c3ccccc3)c2-c2ccc(S(C)(=O)=O)cc2)cc1. The first-order chi connectivity index (χ1) is 14.8. The average Bonchev–Trinajstić information content (AvgIpc) is 3.15. The van der Waals surface area contributed by atoms with E-state index in [0.717, 1.165) is 11.8 Å². The van der Waals surface area contributed by atoms with E-state index in [1.807, 2.05) is 37.3 Å². The second kappa shape index (κ2) is 8.07. The van der Waals surface area contributed by atoms with Crippen LogP contribution in [0.15, 0.2) is 83.8 Å². The summed E-state index contributed by atoms with van der Waals surface area (Å²) in [7, 11) is -3.38. The van der Waals surface area contributed by atoms with Crippen molar-refractivity contribution in [2.45, 2.75) is 18.2 Å². The van der Waals surface area contributed by atoms with Gasteiger partial charge in [-0.3, -0.25) is 0 Å². The lowest BCUT2D eigenvalue weighted by atomic mass is 9.98. The highest BCUT2D eigenvalue weighted by Crippen LogP contribution is 2.40. The Labute approximate surface area is 179 Å². The molecule has 4 aromatic rings. The van der Waals surface area contributed by atoms with Crippen LogP contribution in [0.1, 0.15) is 17.7 Å². The Kier molecular flexibility index (Phi) is 5.45. The molecule has 158 valence electrons. The summed E-state index contributed by atoms with van der Waals surface area (Å²) < 4.78 is 53.4. The molecule has 0 aliphatic heterocycles. The van der Waals surface area contributed by atoms with Crippen molar-refractivity contribution in [3.8, 4) is 28.1 Å². The summed E-state index contributed by atoms with van der Waals surface area (Å²) in [5.41, 5.74) is 3.34. The molecule has 0 amide bonds. The van der Waals surface area contributed by atoms with Gasteiger partial charge in [-0.1, -0.05) is 60.2 Å². The van der Waals surface area contributed by atoms with Crippen molar-refractivity contribution in [3.63, 3.8) is 0 Å². The molecule has 0 spiro atoms. The van der Waals surface area contributed by atoms with Crippen LogP contribution in [0.2, 0.25) is 0 Å². The molecular weight excluding hydrogens is 418 g/mol. The van der Waals surface area contributed by atoms with E-state index in [9.17, 15) is 17.2 Å². The second-order valence-electron chi connectivity index (χ2n) is 7.32. The number of nitrogens with zero attached hydrogens (tertiary/aromatic N) is 2. The lowest BCUT2D eigenvalue weighted by Gasteiger charge is -2.12. The number of aromatic nitrogens is 2. The van der Waals surface area contributed by atoms with Crippen molar-refractivity contribution in [2.75, 3.05) is 6.26 Å². The summed E-state index contributed by atoms with van der Waals surface area (Å²) in [5.74, 6) is 0. The normalized spacial score (nSPS) is 11.8. The van der Waals surface area contributed by atoms with Crippen LogP contribution in [-0.4, -0.2) is 24.5 Å². The van der Waals surface area contributed by atoms with Crippen LogP contribution in [-0.2, 0) is 9.84 Å². The molecule has 31 heavy (non-hydrogen) atoms. The zero-order valence-electron chi connectivity index (χ0n) is 17.0. The highest BCUT2D eigenvalue weighted by atomic mass is 32.2. The van der Waals surface area contributed by atoms with Crippen molar-refractivity contribution in [2.24, 2.45) is 0 Å². The monoisotopic (exact) mass is 438 g/mol. The number of rotatable bonds is 5. The molecule has 0 saturated carbocycles. The quantitative estimate of drug-likeness (QED) is 0.392. The molecule has 0 aliphatic rings. The second-order valence-corrected chi connectivity index (χ2v) is 9.34. The molecule has 1 aromatic heterocycles. The Morgan fingerprint density at radius 1 is 0.839 bits per heavy atom. The third-order valence-electron chi connectivity index (χ3n) is 5.02. The molecule has 4 rings (SSSR count). The lowest BCUT2D eigenvalue weighted by Crippen LogP contribution is -2.01. The van der Waals surface area contributed by atoms with Gasteiger partial charge in [0.1, 0.15) is 5.69 Å². The van der Waals surface area contributed by atoms with Gasteiger partial charge in [-0.2, -0.15) is 5.10 Å². The van der Waals surface area contributed by atoms with Crippen LogP contribution in [0.3, 0.4) is 0 Å². The number of aryl methyl sites for hydroxylation is 1. The number of hydrogen-bond donors (Lipinski definition) is 0. The van der Waals surface area contributed by atoms with E-state index in [0.29, 0.717) is 28.1 Å². The maximum atomic E-state index is 14.1. The first kappa shape index (κ1) is 20.9. The Morgan fingerprint density at radius 3 is 2.00 bits per heavy atom. The highest BCUT2D eigenvalue weighted by Gasteiger charge is 2.27. The maximum Gasteiger partial charge on any atom is 0.282 e. The zero-order valence-corrected chi connectivity index (χ0v) is 17.8. The Bertz CT molecular complexity index is 1310. The lowest BCUT2D eigenvalue weighted by molar-refractivity contribution is 0.146. The minimum atomic E-state index is -3.38. The highest BCUT2D eigenvalue weighted by molar-refractivity contribution is 7.90. The standard InChI is InChI=1S/C24H20F2N2O2S/c1-16-8-12-19(13-9-16)28-23(18-10-14-20(15-11-18)31(2,29)30)21(22(27-28)24(25)26)17-6-4-3-5-7-17/h3-15,24H,1-2H3. The number of halogens is 2. The van der Waals surface area contributed by atoms with Gasteiger partial charge in [0.05, 0.1) is 16.3 Å². The molecule has 0 atom stereocenters. The van der Waals surface area contributed by atoms with E-state index in [4.69, 9.17) is 0 Å². The van der Waals surface area contributed by atoms with Gasteiger partial charge >= 0.3 is 0 Å². The molecule has 4 nitrogen and oxygen atoms in total. The molecular formula is C24H20F2N2O2S. The van der Waals surface area contributed by atoms with Gasteiger partial charge in [0.25, 0.3) is 6.43 Å². The van der Waals surface area contributed by atoms with Crippen molar-refractivity contribution in [3.05, 3.63) is 90.1 Å². The van der Waals surface area contributed by atoms with Crippen LogP contribution in [0.25, 0.3) is 28.1 Å². The molecule has 3 aromatic carbocycles. The molecule has 0 aliphatic carbocycles. The molecule has 0 N–H and O–H groups in total. The fourth-order valence-corrected chi connectivity index (χ4v) is 4.11. The van der Waals surface area contributed by atoms with Crippen molar-refractivity contribution >= 4 is 9.84 Å². The van der Waals surface area contributed by atoms with E-state index in [-0.39, 0.29) is 10.6 Å². The fourth-order valence-electron chi connectivity index (χ4n) is 3.48. The fraction of sp³-hybridized carbons (Fsp3) is 0.125. The molecule has 0 fully saturated rings. The summed E-state index contributed by atoms with van der Waals surface area (Å²) in [6.07, 6.45) is -1.65. The molecule has 0 unspecified atom stereocenters. The molecule has 7 heteroatoms. The third kappa shape index (κ3) is 4.14. The van der Waals surface area contributed by atoms with Gasteiger partial charge in [-0.05, 0) is 36.8 Å². The van der Waals surface area contributed by atoms with Crippen molar-refractivity contribution < 1.29 is 17.2 Å². The number of benzene rings is 3. The zero-order chi connectivity index (χ0) is 22.2. The Hall–Kier alpha value is -3.32. The van der Waals surface area contributed by atoms with Crippen LogP contribution in [0, 0.1) is 6.92 Å². The first-order valence-electron chi connectivity index (χ1n) is 9.60. The van der Waals surface area contributed by atoms with E-state index < -0.39 is 16.3 Å².